The molecule has 2 fully saturated rings. The Labute approximate surface area is 266 Å². The molecule has 0 bridgehead atoms. The van der Waals surface area contributed by atoms with Gasteiger partial charge in [-0.15, -0.1) is 0 Å². The van der Waals surface area contributed by atoms with Crippen LogP contribution in [0.25, 0.3) is 11.2 Å². The highest BCUT2D eigenvalue weighted by Gasteiger charge is 2.27. The van der Waals surface area contributed by atoms with Gasteiger partial charge in [-0.3, -0.25) is 10.2 Å². The van der Waals surface area contributed by atoms with E-state index in [9.17, 15) is 9.18 Å². The van der Waals surface area contributed by atoms with Crippen molar-refractivity contribution in [1.82, 2.24) is 24.4 Å². The second-order valence-electron chi connectivity index (χ2n) is 12.6. The van der Waals surface area contributed by atoms with Crippen molar-refractivity contribution in [3.8, 4) is 5.88 Å². The van der Waals surface area contributed by atoms with Crippen LogP contribution in [0.3, 0.4) is 0 Å². The Morgan fingerprint density at radius 2 is 1.93 bits per heavy atom. The SMILES string of the molecule is CC(C)(C)OC(=O)Nc1cnc2c(c1)nc(CN1CCC(c3cccc(OCc4ccc(Cl)cc4F)n3)CC1)n2C[C@@H]1CCO1. The number of amides is 1. The number of likely N-dealkylation sites (tertiary alicyclic amines) is 1. The number of piperidine rings is 1. The molecule has 5 heterocycles. The van der Waals surface area contributed by atoms with Crippen LogP contribution in [0.2, 0.25) is 5.02 Å². The number of aromatic nitrogens is 4. The van der Waals surface area contributed by atoms with Gasteiger partial charge < -0.3 is 18.8 Å². The van der Waals surface area contributed by atoms with E-state index in [1.807, 2.05) is 39.0 Å². The Kier molecular flexibility index (Phi) is 9.21. The van der Waals surface area contributed by atoms with Gasteiger partial charge >= 0.3 is 6.09 Å². The summed E-state index contributed by atoms with van der Waals surface area (Å²) in [5, 5.41) is 3.12. The van der Waals surface area contributed by atoms with Crippen LogP contribution < -0.4 is 10.1 Å². The van der Waals surface area contributed by atoms with Gasteiger partial charge in [0.1, 0.15) is 29.4 Å². The van der Waals surface area contributed by atoms with Gasteiger partial charge in [0.05, 0.1) is 31.1 Å². The number of fused-ring (bicyclic) bond motifs is 1. The summed E-state index contributed by atoms with van der Waals surface area (Å²) in [7, 11) is 0. The minimum Gasteiger partial charge on any atom is -0.473 e. The van der Waals surface area contributed by atoms with Crippen molar-refractivity contribution in [2.24, 2.45) is 0 Å². The van der Waals surface area contributed by atoms with Crippen LogP contribution in [0.4, 0.5) is 14.9 Å². The van der Waals surface area contributed by atoms with Crippen LogP contribution in [0.15, 0.2) is 48.7 Å². The fourth-order valence-electron chi connectivity index (χ4n) is 5.61. The number of imidazole rings is 1. The van der Waals surface area contributed by atoms with Crippen molar-refractivity contribution >= 4 is 34.5 Å². The van der Waals surface area contributed by atoms with E-state index in [2.05, 4.69) is 19.8 Å². The molecule has 10 nitrogen and oxygen atoms in total. The van der Waals surface area contributed by atoms with Crippen molar-refractivity contribution < 1.29 is 23.4 Å². The van der Waals surface area contributed by atoms with E-state index in [0.717, 1.165) is 56.1 Å². The summed E-state index contributed by atoms with van der Waals surface area (Å²) >= 11 is 5.86. The molecule has 45 heavy (non-hydrogen) atoms. The highest BCUT2D eigenvalue weighted by molar-refractivity contribution is 6.30. The van der Waals surface area contributed by atoms with Crippen molar-refractivity contribution in [3.05, 3.63) is 76.6 Å². The molecular formula is C33H38ClFN6O4. The molecule has 0 radical (unpaired) electrons. The third kappa shape index (κ3) is 7.89. The van der Waals surface area contributed by atoms with Crippen LogP contribution >= 0.6 is 11.6 Å². The molecule has 2 aliphatic rings. The molecule has 2 aliphatic heterocycles. The van der Waals surface area contributed by atoms with Gasteiger partial charge in [-0.05, 0) is 77.4 Å². The number of nitrogens with one attached hydrogen (secondary N) is 1. The van der Waals surface area contributed by atoms with Gasteiger partial charge in [-0.1, -0.05) is 23.7 Å². The number of nitrogens with zero attached hydrogens (tertiary/aromatic N) is 5. The van der Waals surface area contributed by atoms with Gasteiger partial charge in [0.25, 0.3) is 0 Å². The summed E-state index contributed by atoms with van der Waals surface area (Å²) in [4.78, 5) is 29.1. The van der Waals surface area contributed by atoms with E-state index in [1.165, 1.54) is 6.07 Å². The molecule has 1 aromatic carbocycles. The molecule has 238 valence electrons. The Morgan fingerprint density at radius 1 is 1.13 bits per heavy atom. The highest BCUT2D eigenvalue weighted by Crippen LogP contribution is 2.30. The summed E-state index contributed by atoms with van der Waals surface area (Å²) in [6, 6.07) is 12.2. The number of carbonyl (C=O) groups excluding carboxylic acids is 1. The molecule has 1 amide bonds. The molecule has 1 atom stereocenters. The van der Waals surface area contributed by atoms with Crippen LogP contribution in [-0.2, 0) is 29.2 Å². The molecule has 12 heteroatoms. The predicted octanol–water partition coefficient (Wildman–Crippen LogP) is 6.71. The van der Waals surface area contributed by atoms with E-state index in [4.69, 9.17) is 35.8 Å². The quantitative estimate of drug-likeness (QED) is 0.216. The van der Waals surface area contributed by atoms with Gasteiger partial charge in [-0.25, -0.2) is 24.1 Å². The van der Waals surface area contributed by atoms with Gasteiger partial charge in [-0.2, -0.15) is 0 Å². The van der Waals surface area contributed by atoms with Crippen LogP contribution in [-0.4, -0.2) is 61.9 Å². The maximum atomic E-state index is 14.2. The van der Waals surface area contributed by atoms with Crippen molar-refractivity contribution in [1.29, 1.82) is 0 Å². The molecular weight excluding hydrogens is 599 g/mol. The number of hydrogen-bond acceptors (Lipinski definition) is 8. The first-order chi connectivity index (χ1) is 21.6. The van der Waals surface area contributed by atoms with Crippen molar-refractivity contribution in [2.45, 2.75) is 77.4 Å². The molecule has 0 saturated carbocycles. The Bertz CT molecular complexity index is 1660. The zero-order chi connectivity index (χ0) is 31.6. The van der Waals surface area contributed by atoms with Crippen molar-refractivity contribution in [3.63, 3.8) is 0 Å². The third-order valence-corrected chi connectivity index (χ3v) is 8.23. The van der Waals surface area contributed by atoms with Gasteiger partial charge in [0.15, 0.2) is 5.65 Å². The number of hydrogen-bond donors (Lipinski definition) is 1. The van der Waals surface area contributed by atoms with Crippen LogP contribution in [0, 0.1) is 5.82 Å². The number of rotatable bonds is 9. The zero-order valence-corrected chi connectivity index (χ0v) is 26.5. The molecule has 4 aromatic rings. The first kappa shape index (κ1) is 31.2. The summed E-state index contributed by atoms with van der Waals surface area (Å²) in [6.45, 7) is 9.45. The molecule has 0 unspecified atom stereocenters. The maximum Gasteiger partial charge on any atom is 0.412 e. The normalized spacial score (nSPS) is 17.7. The minimum absolute atomic E-state index is 0.0816. The lowest BCUT2D eigenvalue weighted by atomic mass is 9.93. The predicted molar refractivity (Wildman–Crippen MR) is 169 cm³/mol. The Hall–Kier alpha value is -3.80. The highest BCUT2D eigenvalue weighted by atomic mass is 35.5. The van der Waals surface area contributed by atoms with E-state index in [-0.39, 0.29) is 12.7 Å². The molecule has 0 aliphatic carbocycles. The average Bonchev–Trinajstić information content (AvgIpc) is 3.29. The summed E-state index contributed by atoms with van der Waals surface area (Å²) in [5.74, 6) is 1.30. The van der Waals surface area contributed by atoms with Crippen LogP contribution in [0.1, 0.15) is 63.0 Å². The minimum atomic E-state index is -0.599. The van der Waals surface area contributed by atoms with Gasteiger partial charge in [0, 0.05) is 34.9 Å². The first-order valence-corrected chi connectivity index (χ1v) is 15.7. The lowest BCUT2D eigenvalue weighted by Gasteiger charge is -2.32. The number of pyridine rings is 2. The summed E-state index contributed by atoms with van der Waals surface area (Å²) < 4.78 is 33.3. The summed E-state index contributed by atoms with van der Waals surface area (Å²) in [5.41, 5.74) is 2.83. The maximum absolute atomic E-state index is 14.2. The second-order valence-corrected chi connectivity index (χ2v) is 13.0. The standard InChI is InChI=1S/C33H38ClFN6O4/c1-33(2,3)45-32(42)37-24-16-28-31(36-17-24)41(18-25-11-14-43-25)29(38-28)19-40-12-9-21(10-13-40)27-5-4-6-30(39-27)44-20-22-7-8-23(34)15-26(22)35/h4-8,15-17,21,25H,9-14,18-20H2,1-3H3,(H,37,42)/t25-/m0/s1. The molecule has 2 saturated heterocycles. The third-order valence-electron chi connectivity index (χ3n) is 8.00. The largest absolute Gasteiger partial charge is 0.473 e. The Balaban J connectivity index is 1.10. The number of anilines is 1. The fraction of sp³-hybridized carbons (Fsp3) is 0.455. The smallest absolute Gasteiger partial charge is 0.412 e. The molecule has 6 rings (SSSR count). The zero-order valence-electron chi connectivity index (χ0n) is 25.8. The second kappa shape index (κ2) is 13.3. The average molecular weight is 637 g/mol. The number of benzene rings is 1. The molecule has 1 N–H and O–H groups in total. The van der Waals surface area contributed by atoms with E-state index < -0.39 is 17.5 Å². The summed E-state index contributed by atoms with van der Waals surface area (Å²) in [6.07, 6.45) is 4.14. The number of halogens is 2. The monoisotopic (exact) mass is 636 g/mol. The lowest BCUT2D eigenvalue weighted by Crippen LogP contribution is -2.35. The topological polar surface area (TPSA) is 104 Å². The van der Waals surface area contributed by atoms with E-state index in [0.29, 0.717) is 46.7 Å². The fourth-order valence-corrected chi connectivity index (χ4v) is 5.77. The first-order valence-electron chi connectivity index (χ1n) is 15.3. The van der Waals surface area contributed by atoms with E-state index in [1.54, 1.807) is 24.4 Å². The molecule has 3 aromatic heterocycles. The van der Waals surface area contributed by atoms with Crippen LogP contribution in [0.5, 0.6) is 5.88 Å². The number of ether oxygens (including phenoxy) is 3. The van der Waals surface area contributed by atoms with E-state index >= 15 is 0 Å². The number of carbonyl (C=O) groups is 1. The molecule has 0 spiro atoms. The van der Waals surface area contributed by atoms with Crippen molar-refractivity contribution in [2.75, 3.05) is 25.0 Å². The van der Waals surface area contributed by atoms with Gasteiger partial charge in [0.2, 0.25) is 5.88 Å². The lowest BCUT2D eigenvalue weighted by molar-refractivity contribution is -0.0593. The Morgan fingerprint density at radius 3 is 2.64 bits per heavy atom.